The first-order valence-electron chi connectivity index (χ1n) is 6.76. The quantitative estimate of drug-likeness (QED) is 0.728. The third-order valence-corrected chi connectivity index (χ3v) is 4.46. The van der Waals surface area contributed by atoms with E-state index in [1.807, 2.05) is 0 Å². The van der Waals surface area contributed by atoms with Crippen LogP contribution in [-0.2, 0) is 0 Å². The van der Waals surface area contributed by atoms with Crippen LogP contribution >= 0.6 is 0 Å². The largest absolute Gasteiger partial charge is 0.320 e. The van der Waals surface area contributed by atoms with E-state index in [0.717, 1.165) is 11.8 Å². The van der Waals surface area contributed by atoms with Crippen LogP contribution in [0.15, 0.2) is 0 Å². The first-order chi connectivity index (χ1) is 7.11. The molecule has 0 aromatic rings. The summed E-state index contributed by atoms with van der Waals surface area (Å²) in [6.07, 6.45) is 8.58. The lowest BCUT2D eigenvalue weighted by atomic mass is 9.63. The van der Waals surface area contributed by atoms with Gasteiger partial charge in [0.2, 0.25) is 0 Å². The molecule has 1 N–H and O–H groups in total. The van der Waals surface area contributed by atoms with Crippen molar-refractivity contribution in [1.29, 1.82) is 0 Å². The van der Waals surface area contributed by atoms with Crippen LogP contribution in [0.4, 0.5) is 0 Å². The van der Waals surface area contributed by atoms with Gasteiger partial charge in [0.05, 0.1) is 0 Å². The molecule has 0 aliphatic heterocycles. The lowest BCUT2D eigenvalue weighted by Gasteiger charge is -2.42. The summed E-state index contributed by atoms with van der Waals surface area (Å²) in [4.78, 5) is 0. The van der Waals surface area contributed by atoms with Gasteiger partial charge in [-0.3, -0.25) is 0 Å². The van der Waals surface area contributed by atoms with Crippen LogP contribution in [0.1, 0.15) is 59.3 Å². The minimum absolute atomic E-state index is 0.532. The van der Waals surface area contributed by atoms with Crippen LogP contribution in [0.25, 0.3) is 0 Å². The highest BCUT2D eigenvalue weighted by atomic mass is 14.8. The lowest BCUT2D eigenvalue weighted by Crippen LogP contribution is -2.35. The molecular formula is C14H29N. The van der Waals surface area contributed by atoms with Crippen LogP contribution < -0.4 is 5.32 Å². The summed E-state index contributed by atoms with van der Waals surface area (Å²) >= 11 is 0. The van der Waals surface area contributed by atoms with Crippen molar-refractivity contribution >= 4 is 0 Å². The Morgan fingerprint density at radius 3 is 2.47 bits per heavy atom. The smallest absolute Gasteiger partial charge is 0.00467 e. The maximum Gasteiger partial charge on any atom is -0.00467 e. The van der Waals surface area contributed by atoms with E-state index in [0.29, 0.717) is 5.41 Å². The van der Waals surface area contributed by atoms with Gasteiger partial charge in [0.25, 0.3) is 0 Å². The molecule has 2 unspecified atom stereocenters. The predicted molar refractivity (Wildman–Crippen MR) is 68.1 cm³/mol. The Kier molecular flexibility index (Phi) is 5.11. The molecule has 0 aromatic carbocycles. The fraction of sp³-hybridized carbons (Fsp3) is 1.00. The van der Waals surface area contributed by atoms with Crippen molar-refractivity contribution in [3.8, 4) is 0 Å². The Balaban J connectivity index is 2.56. The Morgan fingerprint density at radius 2 is 1.87 bits per heavy atom. The zero-order valence-corrected chi connectivity index (χ0v) is 11.1. The Bertz CT molecular complexity index is 174. The lowest BCUT2D eigenvalue weighted by molar-refractivity contribution is 0.0821. The second-order valence-corrected chi connectivity index (χ2v) is 5.90. The highest BCUT2D eigenvalue weighted by molar-refractivity contribution is 4.86. The summed E-state index contributed by atoms with van der Waals surface area (Å²) in [6, 6.07) is 0. The first-order valence-corrected chi connectivity index (χ1v) is 6.76. The SMILES string of the molecule is CCC1CCCCC1C(C)(C)CCNC. The molecule has 0 saturated heterocycles. The van der Waals surface area contributed by atoms with Crippen molar-refractivity contribution in [2.24, 2.45) is 17.3 Å². The number of nitrogens with one attached hydrogen (secondary N) is 1. The van der Waals surface area contributed by atoms with Gasteiger partial charge in [-0.1, -0.05) is 46.5 Å². The zero-order chi connectivity index (χ0) is 11.3. The molecule has 90 valence electrons. The molecule has 2 atom stereocenters. The summed E-state index contributed by atoms with van der Waals surface area (Å²) in [7, 11) is 2.06. The molecule has 1 aliphatic rings. The van der Waals surface area contributed by atoms with Gasteiger partial charge in [-0.05, 0) is 43.7 Å². The molecular weight excluding hydrogens is 182 g/mol. The summed E-state index contributed by atoms with van der Waals surface area (Å²) in [5.74, 6) is 1.95. The van der Waals surface area contributed by atoms with Crippen LogP contribution in [0.5, 0.6) is 0 Å². The normalized spacial score (nSPS) is 28.0. The zero-order valence-electron chi connectivity index (χ0n) is 11.1. The number of hydrogen-bond donors (Lipinski definition) is 1. The van der Waals surface area contributed by atoms with Gasteiger partial charge >= 0.3 is 0 Å². The van der Waals surface area contributed by atoms with Crippen LogP contribution in [0.3, 0.4) is 0 Å². The Hall–Kier alpha value is -0.0400. The minimum atomic E-state index is 0.532. The number of rotatable bonds is 5. The van der Waals surface area contributed by atoms with E-state index in [4.69, 9.17) is 0 Å². The molecule has 0 radical (unpaired) electrons. The van der Waals surface area contributed by atoms with Crippen molar-refractivity contribution in [1.82, 2.24) is 5.32 Å². The van der Waals surface area contributed by atoms with Crippen molar-refractivity contribution < 1.29 is 0 Å². The molecule has 1 saturated carbocycles. The maximum atomic E-state index is 3.30. The predicted octanol–water partition coefficient (Wildman–Crippen LogP) is 3.84. The van der Waals surface area contributed by atoms with Crippen molar-refractivity contribution in [3.05, 3.63) is 0 Å². The molecule has 0 amide bonds. The van der Waals surface area contributed by atoms with Gasteiger partial charge in [-0.2, -0.15) is 0 Å². The molecule has 15 heavy (non-hydrogen) atoms. The Labute approximate surface area is 96.0 Å². The van der Waals surface area contributed by atoms with Crippen molar-refractivity contribution in [2.45, 2.75) is 59.3 Å². The highest BCUT2D eigenvalue weighted by Gasteiger charge is 2.35. The van der Waals surface area contributed by atoms with E-state index in [2.05, 4.69) is 33.1 Å². The summed E-state index contributed by atoms with van der Waals surface area (Å²) in [5, 5.41) is 3.30. The molecule has 1 heteroatoms. The van der Waals surface area contributed by atoms with Gasteiger partial charge in [-0.25, -0.2) is 0 Å². The van der Waals surface area contributed by atoms with Gasteiger partial charge in [0.15, 0.2) is 0 Å². The third kappa shape index (κ3) is 3.48. The minimum Gasteiger partial charge on any atom is -0.320 e. The monoisotopic (exact) mass is 211 g/mol. The Morgan fingerprint density at radius 1 is 1.20 bits per heavy atom. The van der Waals surface area contributed by atoms with Crippen molar-refractivity contribution in [3.63, 3.8) is 0 Å². The third-order valence-electron chi connectivity index (χ3n) is 4.46. The van der Waals surface area contributed by atoms with Crippen LogP contribution in [0, 0.1) is 17.3 Å². The topological polar surface area (TPSA) is 12.0 Å². The average molecular weight is 211 g/mol. The molecule has 0 spiro atoms. The summed E-state index contributed by atoms with van der Waals surface area (Å²) < 4.78 is 0. The molecule has 1 nitrogen and oxygen atoms in total. The van der Waals surface area contributed by atoms with Gasteiger partial charge < -0.3 is 5.32 Å². The molecule has 1 fully saturated rings. The average Bonchev–Trinajstić information content (AvgIpc) is 2.26. The van der Waals surface area contributed by atoms with Crippen molar-refractivity contribution in [2.75, 3.05) is 13.6 Å². The number of hydrogen-bond acceptors (Lipinski definition) is 1. The molecule has 0 heterocycles. The standard InChI is InChI=1S/C14H29N/c1-5-12-8-6-7-9-13(12)14(2,3)10-11-15-4/h12-13,15H,5-11H2,1-4H3. The van der Waals surface area contributed by atoms with E-state index >= 15 is 0 Å². The molecule has 0 bridgehead atoms. The van der Waals surface area contributed by atoms with E-state index in [1.54, 1.807) is 0 Å². The summed E-state index contributed by atoms with van der Waals surface area (Å²) in [6.45, 7) is 8.49. The van der Waals surface area contributed by atoms with Crippen LogP contribution in [0.2, 0.25) is 0 Å². The van der Waals surface area contributed by atoms with E-state index in [-0.39, 0.29) is 0 Å². The fourth-order valence-electron chi connectivity index (χ4n) is 3.36. The fourth-order valence-corrected chi connectivity index (χ4v) is 3.36. The van der Waals surface area contributed by atoms with Gasteiger partial charge in [0, 0.05) is 0 Å². The van der Waals surface area contributed by atoms with Crippen LogP contribution in [-0.4, -0.2) is 13.6 Å². The second-order valence-electron chi connectivity index (χ2n) is 5.90. The van der Waals surface area contributed by atoms with Gasteiger partial charge in [-0.15, -0.1) is 0 Å². The maximum absolute atomic E-state index is 3.30. The van der Waals surface area contributed by atoms with E-state index < -0.39 is 0 Å². The second kappa shape index (κ2) is 5.89. The van der Waals surface area contributed by atoms with Gasteiger partial charge in [0.1, 0.15) is 0 Å². The first kappa shape index (κ1) is 13.0. The van der Waals surface area contributed by atoms with E-state index in [9.17, 15) is 0 Å². The molecule has 0 aromatic heterocycles. The molecule has 1 rings (SSSR count). The molecule has 1 aliphatic carbocycles. The van der Waals surface area contributed by atoms with E-state index in [1.165, 1.54) is 45.1 Å². The highest BCUT2D eigenvalue weighted by Crippen LogP contribution is 2.44. The summed E-state index contributed by atoms with van der Waals surface area (Å²) in [5.41, 5.74) is 0.532.